The third kappa shape index (κ3) is 10.5. The second-order valence-corrected chi connectivity index (χ2v) is 11.0. The standard InChI is InChI=1S/C27H40N6O5S/c1-5-10-28-25(35)31-20(7-6-11-33-12-14-37-15-13-33)19-8-9-21(29-16-19)24(34)30-22-17-39-18-23(22)32-26(36)38-27(2,3)4/h8-9,16-18,20H,5-7,10-15H2,1-4H3,(H,30,34)(H,32,36)(H2,28,31,35). The van der Waals surface area contributed by atoms with Crippen LogP contribution in [0.4, 0.5) is 21.0 Å². The summed E-state index contributed by atoms with van der Waals surface area (Å²) in [6.07, 6.45) is 3.50. The lowest BCUT2D eigenvalue weighted by molar-refractivity contribution is 0.0369. The van der Waals surface area contributed by atoms with Crippen LogP contribution in [0.3, 0.4) is 0 Å². The highest BCUT2D eigenvalue weighted by atomic mass is 32.1. The Morgan fingerprint density at radius 2 is 1.85 bits per heavy atom. The van der Waals surface area contributed by atoms with Crippen LogP contribution in [0.2, 0.25) is 0 Å². The number of carbonyl (C=O) groups excluding carboxylic acids is 3. The molecule has 0 saturated carbocycles. The molecule has 214 valence electrons. The Morgan fingerprint density at radius 3 is 2.49 bits per heavy atom. The van der Waals surface area contributed by atoms with Crippen molar-refractivity contribution in [3.05, 3.63) is 40.3 Å². The zero-order chi connectivity index (χ0) is 28.3. The number of rotatable bonds is 11. The quantitative estimate of drug-likeness (QED) is 0.315. The minimum Gasteiger partial charge on any atom is -0.444 e. The van der Waals surface area contributed by atoms with Gasteiger partial charge in [0.05, 0.1) is 30.6 Å². The molecule has 0 aromatic carbocycles. The first-order valence-electron chi connectivity index (χ1n) is 13.3. The first-order chi connectivity index (χ1) is 18.6. The van der Waals surface area contributed by atoms with Crippen LogP contribution in [0.1, 0.15) is 69.1 Å². The van der Waals surface area contributed by atoms with Crippen molar-refractivity contribution < 1.29 is 23.9 Å². The maximum Gasteiger partial charge on any atom is 0.412 e. The van der Waals surface area contributed by atoms with Gasteiger partial charge in [0.1, 0.15) is 11.3 Å². The van der Waals surface area contributed by atoms with Crippen LogP contribution in [0.25, 0.3) is 0 Å². The number of hydrogen-bond donors (Lipinski definition) is 4. The number of morpholine rings is 1. The Bertz CT molecular complexity index is 1080. The van der Waals surface area contributed by atoms with E-state index in [0.29, 0.717) is 17.9 Å². The third-order valence-electron chi connectivity index (χ3n) is 5.88. The van der Waals surface area contributed by atoms with Gasteiger partial charge in [-0.3, -0.25) is 20.0 Å². The molecule has 39 heavy (non-hydrogen) atoms. The van der Waals surface area contributed by atoms with Gasteiger partial charge in [-0.05, 0) is 58.2 Å². The molecule has 0 spiro atoms. The van der Waals surface area contributed by atoms with E-state index in [1.165, 1.54) is 11.3 Å². The average molecular weight is 561 g/mol. The molecule has 1 saturated heterocycles. The van der Waals surface area contributed by atoms with Gasteiger partial charge in [-0.2, -0.15) is 0 Å². The molecule has 1 unspecified atom stereocenters. The molecule has 11 nitrogen and oxygen atoms in total. The molecule has 0 bridgehead atoms. The van der Waals surface area contributed by atoms with Gasteiger partial charge in [-0.15, -0.1) is 11.3 Å². The maximum absolute atomic E-state index is 12.9. The Morgan fingerprint density at radius 1 is 1.13 bits per heavy atom. The molecule has 4 amide bonds. The van der Waals surface area contributed by atoms with Crippen LogP contribution in [0.5, 0.6) is 0 Å². The highest BCUT2D eigenvalue weighted by Crippen LogP contribution is 2.28. The molecule has 2 aromatic heterocycles. The largest absolute Gasteiger partial charge is 0.444 e. The topological polar surface area (TPSA) is 134 Å². The lowest BCUT2D eigenvalue weighted by Crippen LogP contribution is -2.39. The fraction of sp³-hybridized carbons (Fsp3) is 0.556. The van der Waals surface area contributed by atoms with E-state index in [-0.39, 0.29) is 17.8 Å². The Balaban J connectivity index is 1.62. The summed E-state index contributed by atoms with van der Waals surface area (Å²) in [6.45, 7) is 12.2. The zero-order valence-electron chi connectivity index (χ0n) is 23.2. The lowest BCUT2D eigenvalue weighted by Gasteiger charge is -2.27. The van der Waals surface area contributed by atoms with Crippen molar-refractivity contribution in [2.24, 2.45) is 0 Å². The van der Waals surface area contributed by atoms with E-state index < -0.39 is 17.6 Å². The van der Waals surface area contributed by atoms with Crippen molar-refractivity contribution in [3.63, 3.8) is 0 Å². The van der Waals surface area contributed by atoms with Crippen molar-refractivity contribution in [1.29, 1.82) is 0 Å². The smallest absolute Gasteiger partial charge is 0.412 e. The van der Waals surface area contributed by atoms with E-state index >= 15 is 0 Å². The molecule has 1 aliphatic rings. The number of carbonyl (C=O) groups is 3. The van der Waals surface area contributed by atoms with Crippen LogP contribution in [0, 0.1) is 0 Å². The molecule has 4 N–H and O–H groups in total. The Kier molecular flexibility index (Phi) is 11.5. The van der Waals surface area contributed by atoms with Crippen LogP contribution in [0.15, 0.2) is 29.1 Å². The second kappa shape index (κ2) is 14.8. The number of nitrogens with one attached hydrogen (secondary N) is 4. The number of urea groups is 1. The molecular formula is C27H40N6O5S. The monoisotopic (exact) mass is 560 g/mol. The van der Waals surface area contributed by atoms with Crippen LogP contribution >= 0.6 is 11.3 Å². The highest BCUT2D eigenvalue weighted by molar-refractivity contribution is 7.09. The molecule has 1 atom stereocenters. The highest BCUT2D eigenvalue weighted by Gasteiger charge is 2.20. The number of hydrogen-bond acceptors (Lipinski definition) is 8. The van der Waals surface area contributed by atoms with Crippen LogP contribution in [-0.2, 0) is 9.47 Å². The second-order valence-electron chi connectivity index (χ2n) is 10.3. The van der Waals surface area contributed by atoms with Gasteiger partial charge in [0.2, 0.25) is 0 Å². The summed E-state index contributed by atoms with van der Waals surface area (Å²) in [5.41, 5.74) is 1.30. The number of nitrogens with zero attached hydrogens (tertiary/aromatic N) is 2. The SMILES string of the molecule is CCCNC(=O)NC(CCCN1CCOCC1)c1ccc(C(=O)Nc2cscc2NC(=O)OC(C)(C)C)nc1. The predicted molar refractivity (Wildman–Crippen MR) is 152 cm³/mol. The number of ether oxygens (including phenoxy) is 2. The van der Waals surface area contributed by atoms with E-state index in [2.05, 4.69) is 31.2 Å². The van der Waals surface area contributed by atoms with Gasteiger partial charge in [0, 0.05) is 36.6 Å². The third-order valence-corrected chi connectivity index (χ3v) is 6.62. The molecule has 1 aliphatic heterocycles. The van der Waals surface area contributed by atoms with E-state index in [9.17, 15) is 14.4 Å². The summed E-state index contributed by atoms with van der Waals surface area (Å²) in [7, 11) is 0. The lowest BCUT2D eigenvalue weighted by atomic mass is 10.0. The van der Waals surface area contributed by atoms with Gasteiger partial charge in [-0.1, -0.05) is 13.0 Å². The molecule has 1 fully saturated rings. The number of aromatic nitrogens is 1. The summed E-state index contributed by atoms with van der Waals surface area (Å²) < 4.78 is 10.7. The summed E-state index contributed by atoms with van der Waals surface area (Å²) in [5, 5.41) is 14.8. The van der Waals surface area contributed by atoms with Crippen molar-refractivity contribution in [1.82, 2.24) is 20.5 Å². The number of amides is 4. The first kappa shape index (κ1) is 30.3. The Labute approximate surface area is 234 Å². The van der Waals surface area contributed by atoms with Crippen LogP contribution < -0.4 is 21.3 Å². The molecule has 3 rings (SSSR count). The van der Waals surface area contributed by atoms with Crippen molar-refractivity contribution in [2.75, 3.05) is 50.0 Å². The minimum atomic E-state index is -0.638. The van der Waals surface area contributed by atoms with Crippen molar-refractivity contribution in [3.8, 4) is 0 Å². The van der Waals surface area contributed by atoms with Crippen LogP contribution in [-0.4, -0.2) is 72.9 Å². The van der Waals surface area contributed by atoms with E-state index in [1.807, 2.05) is 13.0 Å². The predicted octanol–water partition coefficient (Wildman–Crippen LogP) is 4.61. The van der Waals surface area contributed by atoms with E-state index in [1.54, 1.807) is 43.8 Å². The Hall–Kier alpha value is -3.22. The summed E-state index contributed by atoms with van der Waals surface area (Å²) >= 11 is 1.34. The molecule has 2 aromatic rings. The summed E-state index contributed by atoms with van der Waals surface area (Å²) in [6, 6.07) is 2.99. The fourth-order valence-electron chi connectivity index (χ4n) is 3.95. The zero-order valence-corrected chi connectivity index (χ0v) is 24.0. The normalized spacial score (nSPS) is 14.8. The van der Waals surface area contributed by atoms with Gasteiger partial charge in [0.15, 0.2) is 0 Å². The molecular weight excluding hydrogens is 520 g/mol. The minimum absolute atomic E-state index is 0.218. The molecule has 0 aliphatic carbocycles. The number of thiophene rings is 1. The number of pyridine rings is 1. The maximum atomic E-state index is 12.9. The average Bonchev–Trinajstić information content (AvgIpc) is 3.32. The van der Waals surface area contributed by atoms with Gasteiger partial charge >= 0.3 is 12.1 Å². The molecule has 3 heterocycles. The van der Waals surface area contributed by atoms with Gasteiger partial charge in [0.25, 0.3) is 5.91 Å². The van der Waals surface area contributed by atoms with Gasteiger partial charge in [-0.25, -0.2) is 9.59 Å². The van der Waals surface area contributed by atoms with E-state index in [4.69, 9.17) is 9.47 Å². The first-order valence-corrected chi connectivity index (χ1v) is 14.3. The molecule has 12 heteroatoms. The number of anilines is 2. The summed E-state index contributed by atoms with van der Waals surface area (Å²) in [4.78, 5) is 44.2. The fourth-order valence-corrected chi connectivity index (χ4v) is 4.66. The molecule has 0 radical (unpaired) electrons. The van der Waals surface area contributed by atoms with Crippen molar-refractivity contribution in [2.45, 2.75) is 58.6 Å². The summed E-state index contributed by atoms with van der Waals surface area (Å²) in [5.74, 6) is -0.412. The van der Waals surface area contributed by atoms with E-state index in [0.717, 1.165) is 57.7 Å². The van der Waals surface area contributed by atoms with Gasteiger partial charge < -0.3 is 25.4 Å². The van der Waals surface area contributed by atoms with Crippen molar-refractivity contribution >= 4 is 40.7 Å².